The average molecular weight is 231 g/mol. The second-order valence-electron chi connectivity index (χ2n) is 6.49. The number of nitrogens with two attached hydrogens (primary N) is 1. The van der Waals surface area contributed by atoms with E-state index >= 15 is 0 Å². The molecule has 0 saturated heterocycles. The third-order valence-corrected chi connectivity index (χ3v) is 4.26. The van der Waals surface area contributed by atoms with Gasteiger partial charge in [0.1, 0.15) is 0 Å². The van der Waals surface area contributed by atoms with Crippen LogP contribution in [0.3, 0.4) is 0 Å². The Morgan fingerprint density at radius 1 is 1.12 bits per heavy atom. The molecule has 0 unspecified atom stereocenters. The van der Waals surface area contributed by atoms with E-state index in [1.807, 2.05) is 0 Å². The second-order valence-corrected chi connectivity index (χ2v) is 6.49. The van der Waals surface area contributed by atoms with Crippen LogP contribution in [0.25, 0.3) is 0 Å². The molecule has 1 heteroatoms. The Labute approximate surface area is 105 Å². The van der Waals surface area contributed by atoms with Crippen molar-refractivity contribution in [3.8, 4) is 0 Å². The molecule has 0 atom stereocenters. The minimum Gasteiger partial charge on any atom is -0.330 e. The Kier molecular flexibility index (Phi) is 3.31. The molecule has 17 heavy (non-hydrogen) atoms. The molecule has 1 nitrogen and oxygen atoms in total. The summed E-state index contributed by atoms with van der Waals surface area (Å²) in [6, 6.07) is 8.91. The van der Waals surface area contributed by atoms with Crippen molar-refractivity contribution in [2.45, 2.75) is 57.3 Å². The molecular formula is C16H25N. The van der Waals surface area contributed by atoms with Crippen LogP contribution < -0.4 is 5.73 Å². The summed E-state index contributed by atoms with van der Waals surface area (Å²) in [7, 11) is 0. The van der Waals surface area contributed by atoms with Crippen molar-refractivity contribution >= 4 is 0 Å². The third-order valence-electron chi connectivity index (χ3n) is 4.26. The summed E-state index contributed by atoms with van der Waals surface area (Å²) in [5.41, 5.74) is 9.56. The van der Waals surface area contributed by atoms with E-state index in [4.69, 9.17) is 5.73 Å². The van der Waals surface area contributed by atoms with Crippen LogP contribution in [0.2, 0.25) is 0 Å². The highest BCUT2D eigenvalue weighted by molar-refractivity contribution is 5.39. The number of benzene rings is 1. The summed E-state index contributed by atoms with van der Waals surface area (Å²) in [5, 5.41) is 0. The quantitative estimate of drug-likeness (QED) is 0.824. The molecule has 1 aliphatic rings. The fourth-order valence-corrected chi connectivity index (χ4v) is 3.23. The zero-order valence-electron chi connectivity index (χ0n) is 11.4. The predicted octanol–water partition coefficient (Wildman–Crippen LogP) is 3.75. The largest absolute Gasteiger partial charge is 0.330 e. The molecule has 1 fully saturated rings. The van der Waals surface area contributed by atoms with Gasteiger partial charge in [0.2, 0.25) is 0 Å². The Hall–Kier alpha value is -0.820. The Morgan fingerprint density at radius 3 is 2.24 bits per heavy atom. The molecule has 1 aromatic rings. The summed E-state index contributed by atoms with van der Waals surface area (Å²) < 4.78 is 0. The van der Waals surface area contributed by atoms with Crippen molar-refractivity contribution in [3.63, 3.8) is 0 Å². The van der Waals surface area contributed by atoms with Gasteiger partial charge in [0, 0.05) is 12.0 Å². The monoisotopic (exact) mass is 231 g/mol. The van der Waals surface area contributed by atoms with Crippen LogP contribution in [0.1, 0.15) is 57.6 Å². The molecule has 0 heterocycles. The highest BCUT2D eigenvalue weighted by Crippen LogP contribution is 2.44. The lowest BCUT2D eigenvalue weighted by molar-refractivity contribution is 0.436. The summed E-state index contributed by atoms with van der Waals surface area (Å²) in [6.07, 6.45) is 5.18. The Balaban J connectivity index is 2.51. The van der Waals surface area contributed by atoms with Gasteiger partial charge in [-0.15, -0.1) is 0 Å². The van der Waals surface area contributed by atoms with E-state index in [2.05, 4.69) is 45.0 Å². The van der Waals surface area contributed by atoms with Gasteiger partial charge in [-0.1, -0.05) is 57.9 Å². The molecule has 1 aliphatic carbocycles. The summed E-state index contributed by atoms with van der Waals surface area (Å²) in [6.45, 7) is 7.68. The Morgan fingerprint density at radius 2 is 1.71 bits per heavy atom. The molecule has 0 bridgehead atoms. The van der Waals surface area contributed by atoms with Crippen molar-refractivity contribution in [1.82, 2.24) is 0 Å². The van der Waals surface area contributed by atoms with E-state index in [9.17, 15) is 0 Å². The van der Waals surface area contributed by atoms with E-state index in [-0.39, 0.29) is 10.8 Å². The standard InChI is InChI=1S/C16H25N/c1-15(2,3)13-8-4-5-9-14(13)16(12-17)10-6-7-11-16/h4-5,8-9H,6-7,10-12,17H2,1-3H3. The SMILES string of the molecule is CC(C)(C)c1ccccc1C1(CN)CCCC1. The zero-order chi connectivity index (χ0) is 12.5. The van der Waals surface area contributed by atoms with Crippen molar-refractivity contribution in [3.05, 3.63) is 35.4 Å². The number of rotatable bonds is 2. The van der Waals surface area contributed by atoms with Crippen LogP contribution in [0.4, 0.5) is 0 Å². The molecule has 1 saturated carbocycles. The fourth-order valence-electron chi connectivity index (χ4n) is 3.23. The van der Waals surface area contributed by atoms with Crippen molar-refractivity contribution in [1.29, 1.82) is 0 Å². The average Bonchev–Trinajstić information content (AvgIpc) is 2.78. The van der Waals surface area contributed by atoms with E-state index < -0.39 is 0 Å². The molecule has 2 rings (SSSR count). The molecule has 0 aromatic heterocycles. The summed E-state index contributed by atoms with van der Waals surface area (Å²) >= 11 is 0. The van der Waals surface area contributed by atoms with Gasteiger partial charge in [-0.25, -0.2) is 0 Å². The smallest absolute Gasteiger partial charge is 0.00785 e. The van der Waals surface area contributed by atoms with Crippen LogP contribution in [0.15, 0.2) is 24.3 Å². The van der Waals surface area contributed by atoms with E-state index in [1.165, 1.54) is 36.8 Å². The first-order valence-electron chi connectivity index (χ1n) is 6.80. The van der Waals surface area contributed by atoms with Gasteiger partial charge in [-0.2, -0.15) is 0 Å². The van der Waals surface area contributed by atoms with Gasteiger partial charge in [0.25, 0.3) is 0 Å². The van der Waals surface area contributed by atoms with Crippen LogP contribution >= 0.6 is 0 Å². The Bertz CT molecular complexity index is 381. The second kappa shape index (κ2) is 4.45. The van der Waals surface area contributed by atoms with Crippen molar-refractivity contribution < 1.29 is 0 Å². The maximum absolute atomic E-state index is 6.11. The van der Waals surface area contributed by atoms with Crippen LogP contribution in [0, 0.1) is 0 Å². The summed E-state index contributed by atoms with van der Waals surface area (Å²) in [4.78, 5) is 0. The molecule has 0 amide bonds. The van der Waals surface area contributed by atoms with Gasteiger partial charge in [-0.05, 0) is 29.4 Å². The molecule has 2 N–H and O–H groups in total. The maximum atomic E-state index is 6.11. The van der Waals surface area contributed by atoms with Gasteiger partial charge < -0.3 is 5.73 Å². The minimum absolute atomic E-state index is 0.210. The molecule has 1 aromatic carbocycles. The lowest BCUT2D eigenvalue weighted by atomic mass is 9.71. The van der Waals surface area contributed by atoms with E-state index in [0.717, 1.165) is 6.54 Å². The van der Waals surface area contributed by atoms with Crippen LogP contribution in [-0.2, 0) is 10.8 Å². The topological polar surface area (TPSA) is 26.0 Å². The van der Waals surface area contributed by atoms with E-state index in [1.54, 1.807) is 0 Å². The molecule has 0 radical (unpaired) electrons. The number of hydrogen-bond acceptors (Lipinski definition) is 1. The van der Waals surface area contributed by atoms with Crippen molar-refractivity contribution in [2.75, 3.05) is 6.54 Å². The summed E-state index contributed by atoms with van der Waals surface area (Å²) in [5.74, 6) is 0. The lowest BCUT2D eigenvalue weighted by Crippen LogP contribution is -2.34. The highest BCUT2D eigenvalue weighted by atomic mass is 14.6. The first-order chi connectivity index (χ1) is 7.99. The van der Waals surface area contributed by atoms with Gasteiger partial charge in [0.05, 0.1) is 0 Å². The first-order valence-corrected chi connectivity index (χ1v) is 6.80. The minimum atomic E-state index is 0.210. The first kappa shape index (κ1) is 12.6. The van der Waals surface area contributed by atoms with Gasteiger partial charge >= 0.3 is 0 Å². The lowest BCUT2D eigenvalue weighted by Gasteiger charge is -2.34. The molecule has 94 valence electrons. The molecular weight excluding hydrogens is 206 g/mol. The number of hydrogen-bond donors (Lipinski definition) is 1. The van der Waals surface area contributed by atoms with E-state index in [0.29, 0.717) is 0 Å². The molecule has 0 aliphatic heterocycles. The van der Waals surface area contributed by atoms with Crippen LogP contribution in [-0.4, -0.2) is 6.54 Å². The highest BCUT2D eigenvalue weighted by Gasteiger charge is 2.37. The maximum Gasteiger partial charge on any atom is 0.00785 e. The van der Waals surface area contributed by atoms with Crippen molar-refractivity contribution in [2.24, 2.45) is 5.73 Å². The van der Waals surface area contributed by atoms with Crippen LogP contribution in [0.5, 0.6) is 0 Å². The third kappa shape index (κ3) is 2.26. The predicted molar refractivity (Wildman–Crippen MR) is 74.3 cm³/mol. The van der Waals surface area contributed by atoms with Gasteiger partial charge in [0.15, 0.2) is 0 Å². The molecule has 0 spiro atoms. The fraction of sp³-hybridized carbons (Fsp3) is 0.625. The zero-order valence-corrected chi connectivity index (χ0v) is 11.4. The normalized spacial score (nSPS) is 19.5. The van der Waals surface area contributed by atoms with Gasteiger partial charge in [-0.3, -0.25) is 0 Å².